The lowest BCUT2D eigenvalue weighted by molar-refractivity contribution is -0.137. The molecule has 0 saturated carbocycles. The first kappa shape index (κ1) is 20.0. The van der Waals surface area contributed by atoms with Gasteiger partial charge in [-0.3, -0.25) is 4.90 Å². The summed E-state index contributed by atoms with van der Waals surface area (Å²) in [5.41, 5.74) is 2.06. The second-order valence-electron chi connectivity index (χ2n) is 7.62. The van der Waals surface area contributed by atoms with E-state index in [1.807, 2.05) is 6.92 Å². The molecule has 0 aliphatic carbocycles. The SMILES string of the molecule is Cc1cc(O)cc(CN2CCN(c3nc4ccc(C(F)(F)F)cc4s3)CC2C)c1. The summed E-state index contributed by atoms with van der Waals surface area (Å²) in [7, 11) is 0. The lowest BCUT2D eigenvalue weighted by Gasteiger charge is -2.39. The molecule has 1 aliphatic rings. The van der Waals surface area contributed by atoms with Crippen LogP contribution in [0, 0.1) is 6.92 Å². The van der Waals surface area contributed by atoms with Gasteiger partial charge in [0.1, 0.15) is 5.75 Å². The topological polar surface area (TPSA) is 39.6 Å². The summed E-state index contributed by atoms with van der Waals surface area (Å²) < 4.78 is 39.4. The third kappa shape index (κ3) is 4.33. The average Bonchev–Trinajstić information content (AvgIpc) is 3.05. The number of thiazole rings is 1. The van der Waals surface area contributed by atoms with Gasteiger partial charge in [-0.25, -0.2) is 4.98 Å². The van der Waals surface area contributed by atoms with E-state index >= 15 is 0 Å². The molecule has 1 atom stereocenters. The fourth-order valence-corrected chi connectivity index (χ4v) is 4.83. The lowest BCUT2D eigenvalue weighted by atomic mass is 10.1. The van der Waals surface area contributed by atoms with E-state index < -0.39 is 11.7 Å². The summed E-state index contributed by atoms with van der Waals surface area (Å²) >= 11 is 1.31. The van der Waals surface area contributed by atoms with E-state index in [9.17, 15) is 18.3 Å². The smallest absolute Gasteiger partial charge is 0.416 e. The molecular formula is C21H22F3N3OS. The van der Waals surface area contributed by atoms with Crippen LogP contribution in [0.2, 0.25) is 0 Å². The zero-order valence-corrected chi connectivity index (χ0v) is 17.0. The van der Waals surface area contributed by atoms with Gasteiger partial charge in [0.15, 0.2) is 5.13 Å². The molecule has 4 rings (SSSR count). The highest BCUT2D eigenvalue weighted by Gasteiger charge is 2.31. The lowest BCUT2D eigenvalue weighted by Crippen LogP contribution is -2.51. The van der Waals surface area contributed by atoms with Crippen LogP contribution in [0.3, 0.4) is 0 Å². The van der Waals surface area contributed by atoms with Crippen molar-refractivity contribution in [2.45, 2.75) is 32.6 Å². The summed E-state index contributed by atoms with van der Waals surface area (Å²) in [5, 5.41) is 10.6. The minimum atomic E-state index is -4.34. The molecule has 8 heteroatoms. The van der Waals surface area contributed by atoms with Crippen molar-refractivity contribution < 1.29 is 18.3 Å². The van der Waals surface area contributed by atoms with Gasteiger partial charge in [-0.1, -0.05) is 17.4 Å². The predicted molar refractivity (Wildman–Crippen MR) is 110 cm³/mol. The fraction of sp³-hybridized carbons (Fsp3) is 0.381. The van der Waals surface area contributed by atoms with Crippen LogP contribution >= 0.6 is 11.3 Å². The van der Waals surface area contributed by atoms with Crippen LogP contribution in [0.4, 0.5) is 18.3 Å². The number of benzene rings is 2. The molecule has 1 aliphatic heterocycles. The summed E-state index contributed by atoms with van der Waals surface area (Å²) in [6.07, 6.45) is -4.34. The van der Waals surface area contributed by atoms with Crippen molar-refractivity contribution >= 4 is 26.7 Å². The van der Waals surface area contributed by atoms with Crippen LogP contribution in [0.1, 0.15) is 23.6 Å². The molecule has 0 spiro atoms. The molecule has 1 fully saturated rings. The molecular weight excluding hydrogens is 399 g/mol. The molecule has 1 unspecified atom stereocenters. The average molecular weight is 421 g/mol. The minimum Gasteiger partial charge on any atom is -0.508 e. The van der Waals surface area contributed by atoms with Gasteiger partial charge in [-0.2, -0.15) is 13.2 Å². The molecule has 2 heterocycles. The van der Waals surface area contributed by atoms with Crippen LogP contribution in [0.5, 0.6) is 5.75 Å². The summed E-state index contributed by atoms with van der Waals surface area (Å²) in [6, 6.07) is 9.57. The van der Waals surface area contributed by atoms with Crippen molar-refractivity contribution in [2.24, 2.45) is 0 Å². The number of aromatic hydroxyl groups is 1. The quantitative estimate of drug-likeness (QED) is 0.643. The maximum atomic E-state index is 13.0. The third-order valence-corrected chi connectivity index (χ3v) is 6.33. The number of fused-ring (bicyclic) bond motifs is 1. The monoisotopic (exact) mass is 421 g/mol. The highest BCUT2D eigenvalue weighted by Crippen LogP contribution is 2.36. The second-order valence-corrected chi connectivity index (χ2v) is 8.63. The van der Waals surface area contributed by atoms with E-state index in [1.165, 1.54) is 23.5 Å². The van der Waals surface area contributed by atoms with Crippen LogP contribution in [0.25, 0.3) is 10.2 Å². The Labute approximate surface area is 171 Å². The van der Waals surface area contributed by atoms with Crippen molar-refractivity contribution in [3.63, 3.8) is 0 Å². The maximum Gasteiger partial charge on any atom is 0.416 e. The molecule has 4 nitrogen and oxygen atoms in total. The van der Waals surface area contributed by atoms with Crippen molar-refractivity contribution in [1.82, 2.24) is 9.88 Å². The number of phenolic OH excluding ortho intramolecular Hbond substituents is 1. The molecule has 154 valence electrons. The van der Waals surface area contributed by atoms with Crippen molar-refractivity contribution in [2.75, 3.05) is 24.5 Å². The molecule has 0 radical (unpaired) electrons. The third-order valence-electron chi connectivity index (χ3n) is 5.25. The zero-order chi connectivity index (χ0) is 20.8. The highest BCUT2D eigenvalue weighted by atomic mass is 32.1. The Morgan fingerprint density at radius 2 is 1.97 bits per heavy atom. The van der Waals surface area contributed by atoms with E-state index in [4.69, 9.17) is 0 Å². The number of hydrogen-bond donors (Lipinski definition) is 1. The first-order valence-corrected chi connectivity index (χ1v) is 10.3. The summed E-state index contributed by atoms with van der Waals surface area (Å²) in [6.45, 7) is 7.18. The highest BCUT2D eigenvalue weighted by molar-refractivity contribution is 7.22. The Kier molecular flexibility index (Phi) is 5.16. The zero-order valence-electron chi connectivity index (χ0n) is 16.2. The summed E-state index contributed by atoms with van der Waals surface area (Å²) in [4.78, 5) is 9.04. The van der Waals surface area contributed by atoms with Gasteiger partial charge < -0.3 is 10.0 Å². The number of phenols is 1. The van der Waals surface area contributed by atoms with Gasteiger partial charge in [0, 0.05) is 32.2 Å². The Balaban J connectivity index is 1.48. The number of aromatic nitrogens is 1. The van der Waals surface area contributed by atoms with E-state index in [2.05, 4.69) is 27.8 Å². The molecule has 29 heavy (non-hydrogen) atoms. The molecule has 2 aromatic carbocycles. The molecule has 1 saturated heterocycles. The molecule has 0 bridgehead atoms. The number of rotatable bonds is 3. The number of anilines is 1. The molecule has 0 amide bonds. The van der Waals surface area contributed by atoms with Crippen molar-refractivity contribution in [3.05, 3.63) is 53.1 Å². The van der Waals surface area contributed by atoms with Gasteiger partial charge in [0.2, 0.25) is 0 Å². The number of halogens is 3. The van der Waals surface area contributed by atoms with Gasteiger partial charge in [0.25, 0.3) is 0 Å². The molecule has 1 aromatic heterocycles. The number of piperazine rings is 1. The summed E-state index contributed by atoms with van der Waals surface area (Å²) in [5.74, 6) is 0.277. The van der Waals surface area contributed by atoms with Crippen LogP contribution in [0.15, 0.2) is 36.4 Å². The second kappa shape index (κ2) is 7.50. The molecule has 3 aromatic rings. The Bertz CT molecular complexity index is 1010. The first-order chi connectivity index (χ1) is 13.7. The number of hydrogen-bond acceptors (Lipinski definition) is 5. The Hall–Kier alpha value is -2.32. The maximum absolute atomic E-state index is 13.0. The minimum absolute atomic E-state index is 0.254. The fourth-order valence-electron chi connectivity index (χ4n) is 3.79. The normalized spacial score (nSPS) is 18.5. The standard InChI is InChI=1S/C21H22F3N3OS/c1-13-7-15(9-17(28)8-13)12-26-5-6-27(11-14(26)2)20-25-18-4-3-16(21(22,23)24)10-19(18)29-20/h3-4,7-10,14,28H,5-6,11-12H2,1-2H3. The van der Waals surface area contributed by atoms with Gasteiger partial charge in [-0.15, -0.1) is 0 Å². The Morgan fingerprint density at radius 3 is 2.66 bits per heavy atom. The van der Waals surface area contributed by atoms with Crippen LogP contribution in [-0.4, -0.2) is 40.7 Å². The first-order valence-electron chi connectivity index (χ1n) is 9.45. The molecule has 1 N–H and O–H groups in total. The van der Waals surface area contributed by atoms with Crippen LogP contribution < -0.4 is 4.90 Å². The van der Waals surface area contributed by atoms with Gasteiger partial charge >= 0.3 is 6.18 Å². The number of aryl methyl sites for hydroxylation is 1. The van der Waals surface area contributed by atoms with Crippen molar-refractivity contribution in [1.29, 1.82) is 0 Å². The van der Waals surface area contributed by atoms with Gasteiger partial charge in [-0.05, 0) is 55.3 Å². The van der Waals surface area contributed by atoms with Crippen LogP contribution in [-0.2, 0) is 12.7 Å². The number of alkyl halides is 3. The van der Waals surface area contributed by atoms with E-state index in [0.717, 1.165) is 48.5 Å². The van der Waals surface area contributed by atoms with E-state index in [0.29, 0.717) is 10.2 Å². The van der Waals surface area contributed by atoms with Crippen molar-refractivity contribution in [3.8, 4) is 5.75 Å². The Morgan fingerprint density at radius 1 is 1.17 bits per heavy atom. The number of nitrogens with zero attached hydrogens (tertiary/aromatic N) is 3. The largest absolute Gasteiger partial charge is 0.508 e. The van der Waals surface area contributed by atoms with Gasteiger partial charge in [0.05, 0.1) is 15.8 Å². The van der Waals surface area contributed by atoms with E-state index in [1.54, 1.807) is 12.1 Å². The predicted octanol–water partition coefficient (Wildman–Crippen LogP) is 5.04. The van der Waals surface area contributed by atoms with E-state index in [-0.39, 0.29) is 11.8 Å².